The molecule has 0 spiro atoms. The highest BCUT2D eigenvalue weighted by Crippen LogP contribution is 2.43. The van der Waals surface area contributed by atoms with Gasteiger partial charge in [-0.15, -0.1) is 0 Å². The molecule has 11 heteroatoms. The highest BCUT2D eigenvalue weighted by molar-refractivity contribution is 7.47. The van der Waals surface area contributed by atoms with Crippen LogP contribution in [0.15, 0.2) is 12.2 Å². The fraction of sp³-hybridized carbons (Fsp3) is 0.892. The average molecular weight is 706 g/mol. The number of esters is 2. The topological polar surface area (TPSA) is 155 Å². The number of ether oxygens (including phenoxy) is 2. The lowest BCUT2D eigenvalue weighted by atomic mass is 10.0. The third-order valence-electron chi connectivity index (χ3n) is 8.22. The van der Waals surface area contributed by atoms with Crippen molar-refractivity contribution in [2.24, 2.45) is 5.73 Å². The van der Waals surface area contributed by atoms with Crippen LogP contribution >= 0.6 is 7.82 Å². The van der Waals surface area contributed by atoms with E-state index in [0.717, 1.165) is 57.8 Å². The Morgan fingerprint density at radius 1 is 0.625 bits per heavy atom. The fourth-order valence-corrected chi connectivity index (χ4v) is 6.07. The first-order chi connectivity index (χ1) is 23.2. The van der Waals surface area contributed by atoms with E-state index in [1.54, 1.807) is 0 Å². The number of carbonyl (C=O) groups excluding carboxylic acids is 2. The number of allylic oxidation sites excluding steroid dienone is 2. The minimum Gasteiger partial charge on any atom is -0.459 e. The van der Waals surface area contributed by atoms with E-state index in [-0.39, 0.29) is 26.0 Å². The van der Waals surface area contributed by atoms with Crippen LogP contribution in [0.2, 0.25) is 0 Å². The molecular weight excluding hydrogens is 633 g/mol. The van der Waals surface area contributed by atoms with Gasteiger partial charge in [0, 0.05) is 19.4 Å². The van der Waals surface area contributed by atoms with Gasteiger partial charge in [0.25, 0.3) is 5.79 Å². The number of rotatable bonds is 36. The number of hydrogen-bond donors (Lipinski definition) is 3. The van der Waals surface area contributed by atoms with E-state index in [9.17, 15) is 24.2 Å². The second kappa shape index (κ2) is 32.9. The van der Waals surface area contributed by atoms with Gasteiger partial charge in [-0.3, -0.25) is 18.6 Å². The van der Waals surface area contributed by atoms with E-state index in [4.69, 9.17) is 19.7 Å². The Kier molecular flexibility index (Phi) is 32.0. The quantitative estimate of drug-likeness (QED) is 0.0189. The lowest BCUT2D eigenvalue weighted by molar-refractivity contribution is -0.240. The molecule has 0 aromatic carbocycles. The molecule has 0 heterocycles. The fourth-order valence-electron chi connectivity index (χ4n) is 5.29. The zero-order valence-corrected chi connectivity index (χ0v) is 31.5. The van der Waals surface area contributed by atoms with Crippen LogP contribution in [0.1, 0.15) is 181 Å². The van der Waals surface area contributed by atoms with Crippen LogP contribution in [0.4, 0.5) is 0 Å². The summed E-state index contributed by atoms with van der Waals surface area (Å²) in [5.74, 6) is -3.70. The Labute approximate surface area is 292 Å². The van der Waals surface area contributed by atoms with E-state index in [2.05, 4.69) is 30.5 Å². The van der Waals surface area contributed by atoms with Crippen molar-refractivity contribution in [3.8, 4) is 0 Å². The number of hydrogen-bond acceptors (Lipinski definition) is 9. The van der Waals surface area contributed by atoms with Gasteiger partial charge in [0.15, 0.2) is 6.61 Å². The zero-order valence-electron chi connectivity index (χ0n) is 30.6. The number of aliphatic hydroxyl groups is 1. The molecule has 284 valence electrons. The molecule has 0 amide bonds. The predicted molar refractivity (Wildman–Crippen MR) is 193 cm³/mol. The lowest BCUT2D eigenvalue weighted by Crippen LogP contribution is -2.44. The molecule has 4 N–H and O–H groups in total. The summed E-state index contributed by atoms with van der Waals surface area (Å²) in [4.78, 5) is 34.7. The van der Waals surface area contributed by atoms with Gasteiger partial charge in [0.05, 0.1) is 6.61 Å². The number of phosphoric acid groups is 1. The third-order valence-corrected chi connectivity index (χ3v) is 9.18. The maximum absolute atomic E-state index is 12.5. The molecule has 48 heavy (non-hydrogen) atoms. The van der Waals surface area contributed by atoms with Gasteiger partial charge in [-0.1, -0.05) is 142 Å². The molecule has 0 aliphatic heterocycles. The Morgan fingerprint density at radius 3 is 1.52 bits per heavy atom. The molecule has 0 radical (unpaired) electrons. The van der Waals surface area contributed by atoms with Crippen molar-refractivity contribution >= 4 is 19.8 Å². The van der Waals surface area contributed by atoms with Crippen LogP contribution in [0.25, 0.3) is 0 Å². The Balaban J connectivity index is 4.38. The standard InChI is InChI=1S/C37H72NO9P/c1-3-5-7-9-11-13-15-17-19-21-23-25-27-29-35(39)44-33-37(41,34-46-48(42,43)45-32-31-38)47-36(40)30-28-26-24-22-20-18-16-14-12-10-8-6-4-2/h14,16,41H,3-13,15,17-34,38H2,1-2H3,(H,42,43)/b16-14-/t37-/m1/s1. The van der Waals surface area contributed by atoms with Crippen LogP contribution in [0.3, 0.4) is 0 Å². The maximum Gasteiger partial charge on any atom is 0.472 e. The summed E-state index contributed by atoms with van der Waals surface area (Å²) in [7, 11) is -4.57. The van der Waals surface area contributed by atoms with Crippen molar-refractivity contribution in [2.75, 3.05) is 26.4 Å². The van der Waals surface area contributed by atoms with E-state index >= 15 is 0 Å². The molecular formula is C37H72NO9P. The Bertz CT molecular complexity index is 842. The summed E-state index contributed by atoms with van der Waals surface area (Å²) < 4.78 is 32.0. The van der Waals surface area contributed by atoms with Crippen molar-refractivity contribution < 1.29 is 42.7 Å². The normalized spacial score (nSPS) is 14.2. The highest BCUT2D eigenvalue weighted by atomic mass is 31.2. The van der Waals surface area contributed by atoms with E-state index in [1.807, 2.05) is 0 Å². The van der Waals surface area contributed by atoms with Crippen molar-refractivity contribution in [1.82, 2.24) is 0 Å². The molecule has 2 atom stereocenters. The maximum atomic E-state index is 12.5. The lowest BCUT2D eigenvalue weighted by Gasteiger charge is -2.27. The van der Waals surface area contributed by atoms with E-state index in [0.29, 0.717) is 12.8 Å². The molecule has 0 fully saturated rings. The molecule has 10 nitrogen and oxygen atoms in total. The monoisotopic (exact) mass is 705 g/mol. The zero-order chi connectivity index (χ0) is 35.6. The summed E-state index contributed by atoms with van der Waals surface area (Å²) in [5, 5.41) is 10.9. The molecule has 0 saturated heterocycles. The Hall–Kier alpha value is -1.29. The molecule has 1 unspecified atom stereocenters. The van der Waals surface area contributed by atoms with Gasteiger partial charge in [-0.05, 0) is 38.5 Å². The first kappa shape index (κ1) is 46.7. The SMILES string of the molecule is CCCCCC/C=C\CCCCCCCC(=O)O[C@](O)(COC(=O)CCCCCCCCCCCCCCC)COP(=O)(O)OCCN. The van der Waals surface area contributed by atoms with Gasteiger partial charge in [0.1, 0.15) is 6.61 Å². The summed E-state index contributed by atoms with van der Waals surface area (Å²) in [5.41, 5.74) is 5.30. The second-order valence-corrected chi connectivity index (χ2v) is 14.5. The van der Waals surface area contributed by atoms with Gasteiger partial charge >= 0.3 is 19.8 Å². The summed E-state index contributed by atoms with van der Waals surface area (Å²) in [6, 6.07) is 0. The largest absolute Gasteiger partial charge is 0.472 e. The van der Waals surface area contributed by atoms with Crippen LogP contribution in [-0.2, 0) is 32.7 Å². The van der Waals surface area contributed by atoms with Gasteiger partial charge in [-0.25, -0.2) is 4.57 Å². The molecule has 0 saturated carbocycles. The first-order valence-electron chi connectivity index (χ1n) is 19.2. The van der Waals surface area contributed by atoms with Crippen molar-refractivity contribution in [1.29, 1.82) is 0 Å². The average Bonchev–Trinajstić information content (AvgIpc) is 3.06. The minimum absolute atomic E-state index is 0.0141. The number of phosphoric ester groups is 1. The third kappa shape index (κ3) is 31.9. The van der Waals surface area contributed by atoms with E-state index in [1.165, 1.54) is 83.5 Å². The van der Waals surface area contributed by atoms with Crippen LogP contribution in [0.5, 0.6) is 0 Å². The van der Waals surface area contributed by atoms with Gasteiger partial charge in [-0.2, -0.15) is 0 Å². The second-order valence-electron chi connectivity index (χ2n) is 13.1. The molecule has 0 bridgehead atoms. The Morgan fingerprint density at radius 2 is 1.04 bits per heavy atom. The molecule has 0 aliphatic rings. The van der Waals surface area contributed by atoms with Gasteiger partial charge in [0.2, 0.25) is 0 Å². The van der Waals surface area contributed by atoms with Crippen LogP contribution in [-0.4, -0.2) is 54.1 Å². The highest BCUT2D eigenvalue weighted by Gasteiger charge is 2.37. The van der Waals surface area contributed by atoms with Crippen LogP contribution in [0, 0.1) is 0 Å². The van der Waals surface area contributed by atoms with Crippen molar-refractivity contribution in [3.05, 3.63) is 12.2 Å². The predicted octanol–water partition coefficient (Wildman–Crippen LogP) is 9.59. The number of carbonyl (C=O) groups is 2. The minimum atomic E-state index is -4.57. The van der Waals surface area contributed by atoms with Gasteiger partial charge < -0.3 is 25.2 Å². The number of unbranched alkanes of at least 4 members (excludes halogenated alkanes) is 21. The molecule has 0 aromatic heterocycles. The molecule has 0 rings (SSSR count). The molecule has 0 aliphatic carbocycles. The van der Waals surface area contributed by atoms with Crippen molar-refractivity contribution in [2.45, 2.75) is 187 Å². The molecule has 0 aromatic rings. The smallest absolute Gasteiger partial charge is 0.459 e. The summed E-state index contributed by atoms with van der Waals surface area (Å²) >= 11 is 0. The first-order valence-corrected chi connectivity index (χ1v) is 20.7. The van der Waals surface area contributed by atoms with E-state index < -0.39 is 38.8 Å². The number of nitrogens with two attached hydrogens (primary N) is 1. The summed E-state index contributed by atoms with van der Waals surface area (Å²) in [6.07, 6.45) is 32.1. The summed E-state index contributed by atoms with van der Waals surface area (Å²) in [6.45, 7) is 2.57. The van der Waals surface area contributed by atoms with Crippen molar-refractivity contribution in [3.63, 3.8) is 0 Å². The van der Waals surface area contributed by atoms with Crippen LogP contribution < -0.4 is 5.73 Å².